The summed E-state index contributed by atoms with van der Waals surface area (Å²) in [5.74, 6) is -2.30. The molecule has 4 atom stereocenters. The topological polar surface area (TPSA) is 210 Å². The molecule has 290 valence electrons. The number of phenols is 1. The van der Waals surface area contributed by atoms with Gasteiger partial charge in [-0.05, 0) is 73.2 Å². The van der Waals surface area contributed by atoms with Gasteiger partial charge in [-0.3, -0.25) is 24.2 Å². The van der Waals surface area contributed by atoms with Crippen LogP contribution in [0.3, 0.4) is 0 Å². The number of hydrogen-bond donors (Lipinski definition) is 7. The summed E-state index contributed by atoms with van der Waals surface area (Å²) < 4.78 is 5.95. The van der Waals surface area contributed by atoms with Gasteiger partial charge in [0, 0.05) is 43.2 Å². The molecule has 4 aromatic carbocycles. The summed E-state index contributed by atoms with van der Waals surface area (Å²) in [5.41, 5.74) is 13.4. The van der Waals surface area contributed by atoms with Crippen LogP contribution in [0.15, 0.2) is 102 Å². The SMILES string of the molecule is NC(N)=NCCC[C@@H]1NC(=O)[C@@H](Cc2ccccc2)NC(=O)[C@@H](Cc2ccc(O)cc2)CCCCOCC[C@@H](C(=O)Nc2cccc3ccccc23)NC1=O. The van der Waals surface area contributed by atoms with Gasteiger partial charge in [-0.2, -0.15) is 0 Å². The molecule has 0 aliphatic carbocycles. The number of fused-ring (bicyclic) bond motifs is 1. The fourth-order valence-electron chi connectivity index (χ4n) is 6.63. The standard InChI is InChI=1S/C42H51N7O6/c43-42(44)45-23-9-17-35-39(52)48-36(40(53)46-34-16-8-14-30-12-4-5-15-33(30)34)22-25-55-24-7-6-13-31(26-29-18-20-32(50)21-19-29)38(51)49-37(41(54)47-35)27-28-10-2-1-3-11-28/h1-5,8,10-12,14-16,18-21,31,35-37,50H,6-7,9,13,17,22-27H2,(H,46,53)(H,47,54)(H,48,52)(H,49,51)(H4,43,44,45)/t31-,35+,36+,37-/m1/s1. The first kappa shape index (κ1) is 40.2. The van der Waals surface area contributed by atoms with Crippen molar-refractivity contribution in [3.05, 3.63) is 108 Å². The normalized spacial score (nSPS) is 20.3. The van der Waals surface area contributed by atoms with E-state index in [9.17, 15) is 24.3 Å². The van der Waals surface area contributed by atoms with Crippen LogP contribution < -0.4 is 32.7 Å². The van der Waals surface area contributed by atoms with E-state index in [0.717, 1.165) is 21.9 Å². The molecule has 13 heteroatoms. The second-order valence-corrected chi connectivity index (χ2v) is 13.8. The number of aliphatic imine (C=N–C) groups is 1. The van der Waals surface area contributed by atoms with Gasteiger partial charge in [0.05, 0.1) is 0 Å². The molecule has 1 saturated heterocycles. The van der Waals surface area contributed by atoms with Crippen LogP contribution in [0.1, 0.15) is 49.7 Å². The maximum absolute atomic E-state index is 14.2. The van der Waals surface area contributed by atoms with E-state index >= 15 is 0 Å². The van der Waals surface area contributed by atoms with Gasteiger partial charge in [0.15, 0.2) is 5.96 Å². The number of rotatable bonds is 10. The number of carbonyl (C=O) groups excluding carboxylic acids is 4. The van der Waals surface area contributed by atoms with Crippen molar-refractivity contribution >= 4 is 46.0 Å². The molecule has 0 radical (unpaired) electrons. The Labute approximate surface area is 321 Å². The third kappa shape index (κ3) is 12.6. The Morgan fingerprint density at radius 3 is 2.22 bits per heavy atom. The summed E-state index contributed by atoms with van der Waals surface area (Å²) in [6.45, 7) is 0.791. The summed E-state index contributed by atoms with van der Waals surface area (Å²) >= 11 is 0. The number of amides is 4. The molecule has 13 nitrogen and oxygen atoms in total. The lowest BCUT2D eigenvalue weighted by Gasteiger charge is -2.26. The Balaban J connectivity index is 1.42. The molecule has 55 heavy (non-hydrogen) atoms. The maximum Gasteiger partial charge on any atom is 0.247 e. The average Bonchev–Trinajstić information content (AvgIpc) is 3.18. The Hall–Kier alpha value is -5.95. The van der Waals surface area contributed by atoms with Crippen molar-refractivity contribution in [3.8, 4) is 5.75 Å². The number of benzene rings is 4. The minimum Gasteiger partial charge on any atom is -0.508 e. The van der Waals surface area contributed by atoms with E-state index in [4.69, 9.17) is 16.2 Å². The van der Waals surface area contributed by atoms with Crippen molar-refractivity contribution in [2.24, 2.45) is 22.4 Å². The van der Waals surface area contributed by atoms with E-state index in [1.807, 2.05) is 66.7 Å². The molecule has 0 aromatic heterocycles. The molecule has 9 N–H and O–H groups in total. The fourth-order valence-corrected chi connectivity index (χ4v) is 6.63. The van der Waals surface area contributed by atoms with Crippen LogP contribution >= 0.6 is 0 Å². The zero-order valence-corrected chi connectivity index (χ0v) is 30.9. The van der Waals surface area contributed by atoms with Crippen LogP contribution in [0.2, 0.25) is 0 Å². The highest BCUT2D eigenvalue weighted by Crippen LogP contribution is 2.24. The number of anilines is 1. The lowest BCUT2D eigenvalue weighted by Crippen LogP contribution is -2.57. The molecule has 0 saturated carbocycles. The molecule has 1 aliphatic rings. The van der Waals surface area contributed by atoms with E-state index in [0.29, 0.717) is 44.4 Å². The van der Waals surface area contributed by atoms with E-state index in [-0.39, 0.29) is 50.0 Å². The van der Waals surface area contributed by atoms with Crippen LogP contribution in [-0.4, -0.2) is 72.6 Å². The maximum atomic E-state index is 14.2. The molecule has 1 aliphatic heterocycles. The number of phenolic OH excluding ortho intramolecular Hbond substituents is 1. The monoisotopic (exact) mass is 749 g/mol. The first-order valence-corrected chi connectivity index (χ1v) is 18.8. The number of guanidine groups is 1. The second-order valence-electron chi connectivity index (χ2n) is 13.8. The van der Waals surface area contributed by atoms with Gasteiger partial charge in [-0.1, -0.05) is 85.3 Å². The summed E-state index contributed by atoms with van der Waals surface area (Å²) in [4.78, 5) is 60.2. The molecular formula is C42H51N7O6. The van der Waals surface area contributed by atoms with Crippen molar-refractivity contribution in [2.75, 3.05) is 25.1 Å². The summed E-state index contributed by atoms with van der Waals surface area (Å²) in [6, 6.07) is 26.2. The molecule has 4 aromatic rings. The van der Waals surface area contributed by atoms with Crippen LogP contribution in [0.5, 0.6) is 5.75 Å². The summed E-state index contributed by atoms with van der Waals surface area (Å²) in [7, 11) is 0. The Bertz CT molecular complexity index is 1910. The van der Waals surface area contributed by atoms with Crippen molar-refractivity contribution in [1.82, 2.24) is 16.0 Å². The molecule has 0 bridgehead atoms. The van der Waals surface area contributed by atoms with E-state index < -0.39 is 41.8 Å². The van der Waals surface area contributed by atoms with Gasteiger partial charge in [-0.25, -0.2) is 0 Å². The summed E-state index contributed by atoms with van der Waals surface area (Å²) in [5, 5.41) is 23.4. The number of nitrogens with zero attached hydrogens (tertiary/aromatic N) is 1. The second kappa shape index (κ2) is 20.5. The summed E-state index contributed by atoms with van der Waals surface area (Å²) in [6.07, 6.45) is 3.10. The van der Waals surface area contributed by atoms with Gasteiger partial charge in [-0.15, -0.1) is 0 Å². The molecule has 0 spiro atoms. The zero-order valence-electron chi connectivity index (χ0n) is 30.9. The van der Waals surface area contributed by atoms with Gasteiger partial charge in [0.2, 0.25) is 23.6 Å². The smallest absolute Gasteiger partial charge is 0.247 e. The minimum absolute atomic E-state index is 0.0972. The van der Waals surface area contributed by atoms with Crippen LogP contribution in [0.25, 0.3) is 10.8 Å². The van der Waals surface area contributed by atoms with Gasteiger partial charge in [0.1, 0.15) is 23.9 Å². The van der Waals surface area contributed by atoms with Crippen molar-refractivity contribution in [3.63, 3.8) is 0 Å². The molecule has 0 unspecified atom stereocenters. The van der Waals surface area contributed by atoms with Crippen molar-refractivity contribution < 1.29 is 29.0 Å². The first-order chi connectivity index (χ1) is 26.7. The predicted octanol–water partition coefficient (Wildman–Crippen LogP) is 3.68. The number of nitrogens with one attached hydrogen (secondary N) is 4. The minimum atomic E-state index is -1.09. The van der Waals surface area contributed by atoms with Crippen LogP contribution in [-0.2, 0) is 36.8 Å². The van der Waals surface area contributed by atoms with Gasteiger partial charge < -0.3 is 42.6 Å². The average molecular weight is 750 g/mol. The molecule has 1 fully saturated rings. The van der Waals surface area contributed by atoms with Crippen molar-refractivity contribution in [1.29, 1.82) is 0 Å². The third-order valence-corrected chi connectivity index (χ3v) is 9.61. The number of carbonyl (C=O) groups is 4. The third-order valence-electron chi connectivity index (χ3n) is 9.61. The van der Waals surface area contributed by atoms with Gasteiger partial charge in [0.25, 0.3) is 0 Å². The van der Waals surface area contributed by atoms with Crippen LogP contribution in [0, 0.1) is 5.92 Å². The highest BCUT2D eigenvalue weighted by molar-refractivity contribution is 6.05. The highest BCUT2D eigenvalue weighted by atomic mass is 16.5. The Kier molecular flexibility index (Phi) is 15.0. The first-order valence-electron chi connectivity index (χ1n) is 18.8. The number of nitrogens with two attached hydrogens (primary N) is 2. The van der Waals surface area contributed by atoms with E-state index in [1.54, 1.807) is 30.3 Å². The fraction of sp³-hybridized carbons (Fsp3) is 0.357. The number of ether oxygens (including phenoxy) is 1. The lowest BCUT2D eigenvalue weighted by atomic mass is 9.92. The van der Waals surface area contributed by atoms with Crippen molar-refractivity contribution in [2.45, 2.75) is 69.5 Å². The van der Waals surface area contributed by atoms with E-state index in [2.05, 4.69) is 26.3 Å². The largest absolute Gasteiger partial charge is 0.508 e. The Morgan fingerprint density at radius 1 is 0.745 bits per heavy atom. The number of hydrogen-bond acceptors (Lipinski definition) is 7. The molecule has 1 heterocycles. The Morgan fingerprint density at radius 2 is 1.44 bits per heavy atom. The highest BCUT2D eigenvalue weighted by Gasteiger charge is 2.31. The molecular weight excluding hydrogens is 699 g/mol. The lowest BCUT2D eigenvalue weighted by molar-refractivity contribution is -0.134. The number of aromatic hydroxyl groups is 1. The van der Waals surface area contributed by atoms with Crippen LogP contribution in [0.4, 0.5) is 5.69 Å². The molecule has 5 rings (SSSR count). The quantitative estimate of drug-likeness (QED) is 0.0721. The predicted molar refractivity (Wildman–Crippen MR) is 213 cm³/mol. The zero-order chi connectivity index (χ0) is 39.0. The van der Waals surface area contributed by atoms with Gasteiger partial charge >= 0.3 is 0 Å². The molecule has 4 amide bonds. The van der Waals surface area contributed by atoms with E-state index in [1.165, 1.54) is 0 Å².